The lowest BCUT2D eigenvalue weighted by Crippen LogP contribution is -1.97. The normalized spacial score (nSPS) is 10.7. The Morgan fingerprint density at radius 1 is 1.19 bits per heavy atom. The summed E-state index contributed by atoms with van der Waals surface area (Å²) in [6.45, 7) is 0.273. The highest BCUT2D eigenvalue weighted by molar-refractivity contribution is 6.02. The van der Waals surface area contributed by atoms with E-state index in [2.05, 4.69) is 4.98 Å². The summed E-state index contributed by atoms with van der Waals surface area (Å²) in [7, 11) is 0. The van der Waals surface area contributed by atoms with E-state index in [-0.39, 0.29) is 18.0 Å². The molecule has 0 aliphatic rings. The van der Waals surface area contributed by atoms with Crippen LogP contribution >= 0.6 is 0 Å². The molecule has 0 saturated heterocycles. The van der Waals surface area contributed by atoms with E-state index < -0.39 is 5.97 Å². The van der Waals surface area contributed by atoms with Gasteiger partial charge in [0.25, 0.3) is 0 Å². The van der Waals surface area contributed by atoms with Crippen molar-refractivity contribution >= 4 is 16.9 Å². The smallest absolute Gasteiger partial charge is 0.337 e. The zero-order valence-corrected chi connectivity index (χ0v) is 11.0. The van der Waals surface area contributed by atoms with Crippen LogP contribution in [-0.2, 0) is 6.61 Å². The van der Waals surface area contributed by atoms with E-state index in [9.17, 15) is 9.18 Å². The molecular formula is C16H12FNO3. The monoisotopic (exact) mass is 285 g/mol. The predicted molar refractivity (Wildman–Crippen MR) is 76.0 cm³/mol. The van der Waals surface area contributed by atoms with Gasteiger partial charge >= 0.3 is 5.97 Å². The summed E-state index contributed by atoms with van der Waals surface area (Å²) in [5.74, 6) is -0.742. The van der Waals surface area contributed by atoms with Crippen molar-refractivity contribution in [1.29, 1.82) is 0 Å². The molecule has 5 heteroatoms. The maximum absolute atomic E-state index is 12.8. The van der Waals surface area contributed by atoms with Crippen molar-refractivity contribution in [3.63, 3.8) is 0 Å². The van der Waals surface area contributed by atoms with Gasteiger partial charge in [-0.2, -0.15) is 0 Å². The van der Waals surface area contributed by atoms with Crippen molar-refractivity contribution in [3.05, 3.63) is 65.6 Å². The Morgan fingerprint density at radius 3 is 2.67 bits per heavy atom. The number of rotatable bonds is 4. The number of aromatic amines is 1. The number of benzene rings is 2. The number of carboxylic acids is 1. The van der Waals surface area contributed by atoms with Crippen molar-refractivity contribution < 1.29 is 19.0 Å². The Balaban J connectivity index is 1.86. The van der Waals surface area contributed by atoms with Crippen LogP contribution in [0.15, 0.2) is 48.7 Å². The minimum absolute atomic E-state index is 0.223. The second-order valence-electron chi connectivity index (χ2n) is 4.59. The van der Waals surface area contributed by atoms with Crippen LogP contribution in [0.2, 0.25) is 0 Å². The van der Waals surface area contributed by atoms with Gasteiger partial charge in [0.2, 0.25) is 0 Å². The third-order valence-electron chi connectivity index (χ3n) is 3.24. The molecule has 3 aromatic rings. The third-order valence-corrected chi connectivity index (χ3v) is 3.24. The molecule has 0 spiro atoms. The van der Waals surface area contributed by atoms with Gasteiger partial charge in [-0.05, 0) is 30.3 Å². The van der Waals surface area contributed by atoms with Gasteiger partial charge in [-0.1, -0.05) is 12.1 Å². The fraction of sp³-hybridized carbons (Fsp3) is 0.0625. The van der Waals surface area contributed by atoms with Crippen LogP contribution in [0.4, 0.5) is 4.39 Å². The molecule has 0 unspecified atom stereocenters. The van der Waals surface area contributed by atoms with Crippen LogP contribution < -0.4 is 4.74 Å². The SMILES string of the molecule is O=C(O)c1cccc2c(COc3ccc(F)cc3)c[nH]c12. The highest BCUT2D eigenvalue weighted by Gasteiger charge is 2.12. The number of hydrogen-bond donors (Lipinski definition) is 2. The van der Waals surface area contributed by atoms with Crippen LogP contribution in [0.25, 0.3) is 10.9 Å². The summed E-state index contributed by atoms with van der Waals surface area (Å²) in [4.78, 5) is 14.1. The molecule has 106 valence electrons. The molecule has 3 rings (SSSR count). The number of aromatic carboxylic acids is 1. The summed E-state index contributed by atoms with van der Waals surface area (Å²) in [5, 5.41) is 9.94. The first-order chi connectivity index (χ1) is 10.1. The van der Waals surface area contributed by atoms with Crippen molar-refractivity contribution in [2.24, 2.45) is 0 Å². The number of para-hydroxylation sites is 1. The number of ether oxygens (including phenoxy) is 1. The molecule has 0 bridgehead atoms. The van der Waals surface area contributed by atoms with Crippen molar-refractivity contribution in [2.75, 3.05) is 0 Å². The Labute approximate surface area is 119 Å². The minimum Gasteiger partial charge on any atom is -0.489 e. The molecular weight excluding hydrogens is 273 g/mol. The molecule has 2 aromatic carbocycles. The van der Waals surface area contributed by atoms with Crippen LogP contribution in [0, 0.1) is 5.82 Å². The Bertz CT molecular complexity index is 793. The van der Waals surface area contributed by atoms with Crippen molar-refractivity contribution in [3.8, 4) is 5.75 Å². The molecule has 0 amide bonds. The van der Waals surface area contributed by atoms with Gasteiger partial charge in [0.05, 0.1) is 11.1 Å². The maximum Gasteiger partial charge on any atom is 0.337 e. The lowest BCUT2D eigenvalue weighted by Gasteiger charge is -2.05. The van der Waals surface area contributed by atoms with E-state index in [1.54, 1.807) is 30.5 Å². The van der Waals surface area contributed by atoms with E-state index in [0.717, 1.165) is 10.9 Å². The third kappa shape index (κ3) is 2.58. The van der Waals surface area contributed by atoms with Gasteiger partial charge in [-0.25, -0.2) is 9.18 Å². The van der Waals surface area contributed by atoms with Crippen LogP contribution in [0.1, 0.15) is 15.9 Å². The van der Waals surface area contributed by atoms with Crippen molar-refractivity contribution in [1.82, 2.24) is 4.98 Å². The van der Waals surface area contributed by atoms with E-state index in [1.165, 1.54) is 12.1 Å². The number of carboxylic acid groups (broad SMARTS) is 1. The second kappa shape index (κ2) is 5.28. The highest BCUT2D eigenvalue weighted by Crippen LogP contribution is 2.23. The zero-order chi connectivity index (χ0) is 14.8. The van der Waals surface area contributed by atoms with Crippen LogP contribution in [-0.4, -0.2) is 16.1 Å². The molecule has 0 aliphatic carbocycles. The number of fused-ring (bicyclic) bond motifs is 1. The summed E-state index contributed by atoms with van der Waals surface area (Å²) < 4.78 is 18.4. The molecule has 2 N–H and O–H groups in total. The number of halogens is 1. The second-order valence-corrected chi connectivity index (χ2v) is 4.59. The Morgan fingerprint density at radius 2 is 1.95 bits per heavy atom. The molecule has 0 aliphatic heterocycles. The highest BCUT2D eigenvalue weighted by atomic mass is 19.1. The van der Waals surface area contributed by atoms with E-state index >= 15 is 0 Å². The van der Waals surface area contributed by atoms with Gasteiger partial charge < -0.3 is 14.8 Å². The van der Waals surface area contributed by atoms with E-state index in [0.29, 0.717) is 11.3 Å². The maximum atomic E-state index is 12.8. The molecule has 0 fully saturated rings. The predicted octanol–water partition coefficient (Wildman–Crippen LogP) is 3.58. The number of H-pyrrole nitrogens is 1. The average molecular weight is 285 g/mol. The minimum atomic E-state index is -0.978. The quantitative estimate of drug-likeness (QED) is 0.770. The number of carbonyl (C=O) groups is 1. The van der Waals surface area contributed by atoms with Crippen LogP contribution in [0.5, 0.6) is 5.75 Å². The van der Waals surface area contributed by atoms with E-state index in [1.807, 2.05) is 6.07 Å². The zero-order valence-electron chi connectivity index (χ0n) is 11.0. The average Bonchev–Trinajstić information content (AvgIpc) is 2.89. The Kier molecular flexibility index (Phi) is 3.31. The largest absolute Gasteiger partial charge is 0.489 e. The summed E-state index contributed by atoms with van der Waals surface area (Å²) in [6.07, 6.45) is 1.72. The lowest BCUT2D eigenvalue weighted by molar-refractivity contribution is 0.0699. The number of nitrogens with one attached hydrogen (secondary N) is 1. The number of aromatic nitrogens is 1. The summed E-state index contributed by atoms with van der Waals surface area (Å²) in [5.41, 5.74) is 1.64. The first-order valence-corrected chi connectivity index (χ1v) is 6.36. The first kappa shape index (κ1) is 13.2. The first-order valence-electron chi connectivity index (χ1n) is 6.36. The van der Waals surface area contributed by atoms with Gasteiger partial charge in [0, 0.05) is 17.1 Å². The van der Waals surface area contributed by atoms with Gasteiger partial charge in [-0.3, -0.25) is 0 Å². The molecule has 0 atom stereocenters. The topological polar surface area (TPSA) is 62.3 Å². The standard InChI is InChI=1S/C16H12FNO3/c17-11-4-6-12(7-5-11)21-9-10-8-18-15-13(10)2-1-3-14(15)16(19)20/h1-8,18H,9H2,(H,19,20). The molecule has 4 nitrogen and oxygen atoms in total. The van der Waals surface area contributed by atoms with Crippen molar-refractivity contribution in [2.45, 2.75) is 6.61 Å². The Hall–Kier alpha value is -2.82. The molecule has 0 saturated carbocycles. The van der Waals surface area contributed by atoms with Gasteiger partial charge in [0.15, 0.2) is 0 Å². The molecule has 21 heavy (non-hydrogen) atoms. The molecule has 1 heterocycles. The van der Waals surface area contributed by atoms with Gasteiger partial charge in [0.1, 0.15) is 18.2 Å². The molecule has 1 aromatic heterocycles. The summed E-state index contributed by atoms with van der Waals surface area (Å²) in [6, 6.07) is 10.8. The van der Waals surface area contributed by atoms with Gasteiger partial charge in [-0.15, -0.1) is 0 Å². The van der Waals surface area contributed by atoms with E-state index in [4.69, 9.17) is 9.84 Å². The fourth-order valence-corrected chi connectivity index (χ4v) is 2.20. The summed E-state index contributed by atoms with van der Waals surface area (Å²) >= 11 is 0. The fourth-order valence-electron chi connectivity index (χ4n) is 2.20. The lowest BCUT2D eigenvalue weighted by atomic mass is 10.1. The molecule has 0 radical (unpaired) electrons. The van der Waals surface area contributed by atoms with Crippen LogP contribution in [0.3, 0.4) is 0 Å². The number of hydrogen-bond acceptors (Lipinski definition) is 2.